The van der Waals surface area contributed by atoms with Gasteiger partial charge < -0.3 is 9.97 Å². The number of halogens is 1. The first-order valence-electron chi connectivity index (χ1n) is 3.97. The van der Waals surface area contributed by atoms with E-state index in [1.54, 1.807) is 0 Å². The molecule has 0 saturated heterocycles. The molecule has 0 aliphatic rings. The molecule has 1 aromatic carbocycles. The van der Waals surface area contributed by atoms with Gasteiger partial charge in [0.25, 0.3) is 0 Å². The number of H-pyrrole nitrogens is 2. The third kappa shape index (κ3) is 1.21. The van der Waals surface area contributed by atoms with Crippen LogP contribution in [0.5, 0.6) is 0 Å². The largest absolute Gasteiger partial charge is 0.323 e. The minimum Gasteiger partial charge on any atom is -0.306 e. The minimum absolute atomic E-state index is 0.166. The Morgan fingerprint density at radius 2 is 2.00 bits per heavy atom. The molecule has 0 unspecified atom stereocenters. The number of hydrogen-bond acceptors (Lipinski definition) is 1. The third-order valence-corrected chi connectivity index (χ3v) is 3.25. The number of rotatable bonds is 0. The Labute approximate surface area is 83.3 Å². The second kappa shape index (κ2) is 2.73. The average molecular weight is 241 g/mol. The molecular formula is C9H9BrN2O. The molecular weight excluding hydrogens is 232 g/mol. The fourth-order valence-corrected chi connectivity index (χ4v) is 1.99. The normalized spacial score (nSPS) is 11.0. The topological polar surface area (TPSA) is 48.6 Å². The van der Waals surface area contributed by atoms with Crippen molar-refractivity contribution in [3.05, 3.63) is 32.2 Å². The number of aryl methyl sites for hydroxylation is 1. The summed E-state index contributed by atoms with van der Waals surface area (Å²) < 4.78 is 0.959. The number of aromatic amines is 2. The van der Waals surface area contributed by atoms with E-state index in [2.05, 4.69) is 25.9 Å². The molecule has 0 atom stereocenters. The number of aromatic nitrogens is 2. The van der Waals surface area contributed by atoms with Gasteiger partial charge in [0.1, 0.15) is 0 Å². The van der Waals surface area contributed by atoms with Crippen LogP contribution in [-0.4, -0.2) is 9.97 Å². The van der Waals surface area contributed by atoms with Crippen LogP contribution in [0.4, 0.5) is 0 Å². The SMILES string of the molecule is Cc1cc2[nH]c(=O)[nH]c2c(Br)c1C. The van der Waals surface area contributed by atoms with Crippen LogP contribution in [0.3, 0.4) is 0 Å². The van der Waals surface area contributed by atoms with Crippen molar-refractivity contribution in [1.29, 1.82) is 0 Å². The maximum atomic E-state index is 11.0. The van der Waals surface area contributed by atoms with E-state index in [1.165, 1.54) is 0 Å². The van der Waals surface area contributed by atoms with Gasteiger partial charge in [0.2, 0.25) is 0 Å². The first-order chi connectivity index (χ1) is 6.09. The maximum absolute atomic E-state index is 11.0. The van der Waals surface area contributed by atoms with Crippen LogP contribution < -0.4 is 5.69 Å². The van der Waals surface area contributed by atoms with Crippen molar-refractivity contribution < 1.29 is 0 Å². The van der Waals surface area contributed by atoms with Crippen molar-refractivity contribution in [3.63, 3.8) is 0 Å². The summed E-state index contributed by atoms with van der Waals surface area (Å²) in [5, 5.41) is 0. The molecule has 1 heterocycles. The lowest BCUT2D eigenvalue weighted by Gasteiger charge is -2.02. The average Bonchev–Trinajstić information content (AvgIpc) is 2.42. The summed E-state index contributed by atoms with van der Waals surface area (Å²) in [5.74, 6) is 0. The maximum Gasteiger partial charge on any atom is 0.323 e. The Hall–Kier alpha value is -1.03. The second-order valence-corrected chi connectivity index (χ2v) is 3.93. The van der Waals surface area contributed by atoms with Gasteiger partial charge in [-0.25, -0.2) is 4.79 Å². The Morgan fingerprint density at radius 3 is 2.69 bits per heavy atom. The molecule has 2 aromatic rings. The fraction of sp³-hybridized carbons (Fsp3) is 0.222. The van der Waals surface area contributed by atoms with Gasteiger partial charge >= 0.3 is 5.69 Å². The van der Waals surface area contributed by atoms with Crippen molar-refractivity contribution in [2.75, 3.05) is 0 Å². The molecule has 68 valence electrons. The summed E-state index contributed by atoms with van der Waals surface area (Å²) in [6, 6.07) is 1.97. The predicted octanol–water partition coefficient (Wildman–Crippen LogP) is 2.24. The predicted molar refractivity (Wildman–Crippen MR) is 56.1 cm³/mol. The van der Waals surface area contributed by atoms with Crippen LogP contribution in [0.15, 0.2) is 15.3 Å². The van der Waals surface area contributed by atoms with E-state index in [0.29, 0.717) is 0 Å². The number of imidazole rings is 1. The number of hydrogen-bond donors (Lipinski definition) is 2. The van der Waals surface area contributed by atoms with E-state index in [9.17, 15) is 4.79 Å². The minimum atomic E-state index is -0.166. The quantitative estimate of drug-likeness (QED) is 0.730. The Morgan fingerprint density at radius 1 is 1.31 bits per heavy atom. The van der Waals surface area contributed by atoms with Crippen molar-refractivity contribution in [3.8, 4) is 0 Å². The highest BCUT2D eigenvalue weighted by molar-refractivity contribution is 9.10. The van der Waals surface area contributed by atoms with E-state index in [1.807, 2.05) is 19.9 Å². The van der Waals surface area contributed by atoms with Gasteiger partial charge in [-0.3, -0.25) is 0 Å². The van der Waals surface area contributed by atoms with Crippen molar-refractivity contribution in [1.82, 2.24) is 9.97 Å². The molecule has 2 rings (SSSR count). The summed E-state index contributed by atoms with van der Waals surface area (Å²) >= 11 is 3.45. The molecule has 2 N–H and O–H groups in total. The fourth-order valence-electron chi connectivity index (χ4n) is 1.36. The van der Waals surface area contributed by atoms with E-state index < -0.39 is 0 Å². The van der Waals surface area contributed by atoms with E-state index >= 15 is 0 Å². The molecule has 0 saturated carbocycles. The summed E-state index contributed by atoms with van der Waals surface area (Å²) in [4.78, 5) is 16.5. The summed E-state index contributed by atoms with van der Waals surface area (Å²) in [7, 11) is 0. The lowest BCUT2D eigenvalue weighted by Crippen LogP contribution is -1.99. The van der Waals surface area contributed by atoms with Gasteiger partial charge in [-0.1, -0.05) is 0 Å². The van der Waals surface area contributed by atoms with Crippen LogP contribution in [0, 0.1) is 13.8 Å². The molecule has 0 amide bonds. The first kappa shape index (κ1) is 8.56. The van der Waals surface area contributed by atoms with Gasteiger partial charge in [-0.05, 0) is 47.0 Å². The summed E-state index contributed by atoms with van der Waals surface area (Å²) in [5.41, 5.74) is 3.84. The lowest BCUT2D eigenvalue weighted by molar-refractivity contribution is 1.21. The van der Waals surface area contributed by atoms with Crippen LogP contribution in [-0.2, 0) is 0 Å². The molecule has 4 heteroatoms. The molecule has 0 fully saturated rings. The molecule has 0 spiro atoms. The molecule has 1 aromatic heterocycles. The highest BCUT2D eigenvalue weighted by Crippen LogP contribution is 2.26. The van der Waals surface area contributed by atoms with Crippen molar-refractivity contribution in [2.45, 2.75) is 13.8 Å². The Balaban J connectivity index is 3.00. The molecule has 0 aliphatic heterocycles. The van der Waals surface area contributed by atoms with Crippen LogP contribution in [0.1, 0.15) is 11.1 Å². The first-order valence-corrected chi connectivity index (χ1v) is 4.76. The zero-order chi connectivity index (χ0) is 9.59. The standard InChI is InChI=1S/C9H9BrN2O/c1-4-3-6-8(7(10)5(4)2)12-9(13)11-6/h3H,1-2H3,(H2,11,12,13). The van der Waals surface area contributed by atoms with Gasteiger partial charge in [-0.2, -0.15) is 0 Å². The molecule has 3 nitrogen and oxygen atoms in total. The molecule has 0 bridgehead atoms. The number of nitrogens with one attached hydrogen (secondary N) is 2. The van der Waals surface area contributed by atoms with Crippen LogP contribution in [0.2, 0.25) is 0 Å². The highest BCUT2D eigenvalue weighted by Gasteiger charge is 2.07. The van der Waals surface area contributed by atoms with Gasteiger partial charge in [-0.15, -0.1) is 0 Å². The lowest BCUT2D eigenvalue weighted by atomic mass is 10.1. The molecule has 0 aliphatic carbocycles. The highest BCUT2D eigenvalue weighted by atomic mass is 79.9. The van der Waals surface area contributed by atoms with Crippen molar-refractivity contribution >= 4 is 27.0 Å². The van der Waals surface area contributed by atoms with E-state index in [4.69, 9.17) is 0 Å². The summed E-state index contributed by atoms with van der Waals surface area (Å²) in [6.45, 7) is 4.04. The van der Waals surface area contributed by atoms with Gasteiger partial charge in [0.05, 0.1) is 11.0 Å². The smallest absolute Gasteiger partial charge is 0.306 e. The number of fused-ring (bicyclic) bond motifs is 1. The van der Waals surface area contributed by atoms with Crippen LogP contribution >= 0.6 is 15.9 Å². The molecule has 0 radical (unpaired) electrons. The van der Waals surface area contributed by atoms with Crippen molar-refractivity contribution in [2.24, 2.45) is 0 Å². The monoisotopic (exact) mass is 240 g/mol. The van der Waals surface area contributed by atoms with Gasteiger partial charge in [0.15, 0.2) is 0 Å². The Kier molecular flexibility index (Phi) is 1.80. The zero-order valence-electron chi connectivity index (χ0n) is 7.36. The summed E-state index contributed by atoms with van der Waals surface area (Å²) in [6.07, 6.45) is 0. The second-order valence-electron chi connectivity index (χ2n) is 3.13. The van der Waals surface area contributed by atoms with E-state index in [-0.39, 0.29) is 5.69 Å². The molecule has 13 heavy (non-hydrogen) atoms. The van der Waals surface area contributed by atoms with Gasteiger partial charge in [0, 0.05) is 4.47 Å². The van der Waals surface area contributed by atoms with Crippen LogP contribution in [0.25, 0.3) is 11.0 Å². The zero-order valence-corrected chi connectivity index (χ0v) is 8.95. The Bertz CT molecular complexity index is 524. The van der Waals surface area contributed by atoms with E-state index in [0.717, 1.165) is 26.6 Å². The number of benzene rings is 1. The third-order valence-electron chi connectivity index (χ3n) is 2.26.